The van der Waals surface area contributed by atoms with E-state index in [4.69, 9.17) is 4.74 Å². The summed E-state index contributed by atoms with van der Waals surface area (Å²) >= 11 is 0. The molecule has 0 atom stereocenters. The summed E-state index contributed by atoms with van der Waals surface area (Å²) in [6.07, 6.45) is 11.1. The molecule has 1 amide bonds. The lowest BCUT2D eigenvalue weighted by molar-refractivity contribution is 0.0740. The van der Waals surface area contributed by atoms with Gasteiger partial charge in [-0.1, -0.05) is 0 Å². The van der Waals surface area contributed by atoms with Crippen molar-refractivity contribution in [3.8, 4) is 5.88 Å². The first-order chi connectivity index (χ1) is 14.8. The van der Waals surface area contributed by atoms with Crippen molar-refractivity contribution >= 4 is 22.5 Å². The summed E-state index contributed by atoms with van der Waals surface area (Å²) in [5.74, 6) is 0.604. The van der Waals surface area contributed by atoms with Crippen LogP contribution in [-0.2, 0) is 0 Å². The van der Waals surface area contributed by atoms with Crippen molar-refractivity contribution < 1.29 is 9.53 Å². The van der Waals surface area contributed by atoms with Gasteiger partial charge in [0.2, 0.25) is 5.88 Å². The van der Waals surface area contributed by atoms with Crippen LogP contribution in [0.4, 0.5) is 5.69 Å². The number of rotatable bonds is 4. The third kappa shape index (κ3) is 3.77. The highest BCUT2D eigenvalue weighted by molar-refractivity contribution is 5.92. The monoisotopic (exact) mass is 404 g/mol. The van der Waals surface area contributed by atoms with Gasteiger partial charge in [0.1, 0.15) is 18.1 Å². The lowest BCUT2D eigenvalue weighted by atomic mass is 10.1. The Bertz CT molecular complexity index is 1030. The Balaban J connectivity index is 1.31. The Morgan fingerprint density at radius 2 is 1.83 bits per heavy atom. The average Bonchev–Trinajstić information content (AvgIpc) is 3.32. The zero-order valence-electron chi connectivity index (χ0n) is 16.8. The molecule has 1 aliphatic heterocycles. The van der Waals surface area contributed by atoms with E-state index in [-0.39, 0.29) is 12.0 Å². The number of anilines is 1. The smallest absolute Gasteiger partial charge is 0.274 e. The number of hydrogen-bond donors (Lipinski definition) is 0. The van der Waals surface area contributed by atoms with Crippen LogP contribution in [-0.4, -0.2) is 63.0 Å². The molecular weight excluding hydrogens is 380 g/mol. The van der Waals surface area contributed by atoms with Gasteiger partial charge < -0.3 is 14.5 Å². The second-order valence-corrected chi connectivity index (χ2v) is 7.77. The predicted molar refractivity (Wildman–Crippen MR) is 113 cm³/mol. The van der Waals surface area contributed by atoms with Gasteiger partial charge in [0.25, 0.3) is 5.91 Å². The van der Waals surface area contributed by atoms with Crippen molar-refractivity contribution in [2.24, 2.45) is 0 Å². The number of fused-ring (bicyclic) bond motifs is 1. The summed E-state index contributed by atoms with van der Waals surface area (Å²) in [5, 5.41) is 0.944. The summed E-state index contributed by atoms with van der Waals surface area (Å²) in [6.45, 7) is 2.79. The molecule has 154 valence electrons. The van der Waals surface area contributed by atoms with Crippen LogP contribution >= 0.6 is 0 Å². The first kappa shape index (κ1) is 18.7. The van der Waals surface area contributed by atoms with E-state index in [0.717, 1.165) is 42.5 Å². The fourth-order valence-electron chi connectivity index (χ4n) is 4.21. The maximum absolute atomic E-state index is 12.6. The molecule has 1 saturated heterocycles. The molecule has 0 bridgehead atoms. The fraction of sp³-hybridized carbons (Fsp3) is 0.409. The minimum atomic E-state index is -0.0677. The van der Waals surface area contributed by atoms with Crippen molar-refractivity contribution in [2.45, 2.75) is 31.8 Å². The molecule has 0 unspecified atom stereocenters. The zero-order chi connectivity index (χ0) is 20.3. The fourth-order valence-corrected chi connectivity index (χ4v) is 4.21. The first-order valence-electron chi connectivity index (χ1n) is 10.5. The van der Waals surface area contributed by atoms with Crippen molar-refractivity contribution in [3.63, 3.8) is 0 Å². The third-order valence-corrected chi connectivity index (χ3v) is 5.88. The summed E-state index contributed by atoms with van der Waals surface area (Å²) in [4.78, 5) is 33.6. The van der Waals surface area contributed by atoms with E-state index < -0.39 is 0 Å². The lowest BCUT2D eigenvalue weighted by Crippen LogP contribution is -2.49. The van der Waals surface area contributed by atoms with Gasteiger partial charge in [-0.2, -0.15) is 0 Å². The van der Waals surface area contributed by atoms with Crippen LogP contribution in [0.2, 0.25) is 0 Å². The van der Waals surface area contributed by atoms with Crippen molar-refractivity contribution in [1.82, 2.24) is 24.8 Å². The highest BCUT2D eigenvalue weighted by Crippen LogP contribution is 2.30. The molecule has 0 radical (unpaired) electrons. The van der Waals surface area contributed by atoms with Gasteiger partial charge in [0.15, 0.2) is 0 Å². The SMILES string of the molecule is O=C(c1cnccn1)N1CCN(c2ccc3ncnc(OC4CCCC4)c3c2)CC1. The topological polar surface area (TPSA) is 84.3 Å². The minimum absolute atomic E-state index is 0.0677. The normalized spacial score (nSPS) is 17.5. The van der Waals surface area contributed by atoms with Gasteiger partial charge in [0, 0.05) is 44.3 Å². The first-order valence-corrected chi connectivity index (χ1v) is 10.5. The number of carbonyl (C=O) groups excluding carboxylic acids is 1. The molecule has 3 heterocycles. The molecule has 1 aromatic carbocycles. The molecule has 1 aliphatic carbocycles. The Morgan fingerprint density at radius 1 is 1.00 bits per heavy atom. The van der Waals surface area contributed by atoms with Crippen LogP contribution in [0.25, 0.3) is 10.9 Å². The molecule has 2 aliphatic rings. The molecule has 2 fully saturated rings. The lowest BCUT2D eigenvalue weighted by Gasteiger charge is -2.36. The molecule has 0 spiro atoms. The highest BCUT2D eigenvalue weighted by Gasteiger charge is 2.24. The number of amides is 1. The third-order valence-electron chi connectivity index (χ3n) is 5.88. The van der Waals surface area contributed by atoms with Gasteiger partial charge in [-0.3, -0.25) is 9.78 Å². The van der Waals surface area contributed by atoms with Crippen LogP contribution in [0.1, 0.15) is 36.2 Å². The van der Waals surface area contributed by atoms with Crippen molar-refractivity contribution in [2.75, 3.05) is 31.1 Å². The van der Waals surface area contributed by atoms with Gasteiger partial charge in [0.05, 0.1) is 17.1 Å². The summed E-state index contributed by atoms with van der Waals surface area (Å²) in [5.41, 5.74) is 2.38. The minimum Gasteiger partial charge on any atom is -0.474 e. The molecule has 1 saturated carbocycles. The summed E-state index contributed by atoms with van der Waals surface area (Å²) < 4.78 is 6.19. The second kappa shape index (κ2) is 8.22. The van der Waals surface area contributed by atoms with E-state index in [1.807, 2.05) is 11.0 Å². The van der Waals surface area contributed by atoms with Gasteiger partial charge >= 0.3 is 0 Å². The van der Waals surface area contributed by atoms with Crippen LogP contribution in [0.3, 0.4) is 0 Å². The largest absolute Gasteiger partial charge is 0.474 e. The van der Waals surface area contributed by atoms with E-state index in [9.17, 15) is 4.79 Å². The summed E-state index contributed by atoms with van der Waals surface area (Å²) in [7, 11) is 0. The van der Waals surface area contributed by atoms with E-state index >= 15 is 0 Å². The maximum atomic E-state index is 12.6. The number of ether oxygens (including phenoxy) is 1. The zero-order valence-corrected chi connectivity index (χ0v) is 16.8. The molecule has 8 nitrogen and oxygen atoms in total. The van der Waals surface area contributed by atoms with Crippen molar-refractivity contribution in [3.05, 3.63) is 48.8 Å². The second-order valence-electron chi connectivity index (χ2n) is 7.77. The molecule has 0 N–H and O–H groups in total. The molecular formula is C22H24N6O2. The Labute approximate surface area is 174 Å². The number of aromatic nitrogens is 4. The van der Waals surface area contributed by atoms with Crippen LogP contribution in [0.5, 0.6) is 5.88 Å². The van der Waals surface area contributed by atoms with Crippen molar-refractivity contribution in [1.29, 1.82) is 0 Å². The number of nitrogens with zero attached hydrogens (tertiary/aromatic N) is 6. The van der Waals surface area contributed by atoms with Gasteiger partial charge in [-0.05, 0) is 43.9 Å². The van der Waals surface area contributed by atoms with Gasteiger partial charge in [-0.25, -0.2) is 15.0 Å². The number of benzene rings is 1. The molecule has 5 rings (SSSR count). The maximum Gasteiger partial charge on any atom is 0.274 e. The number of piperazine rings is 1. The Hall–Kier alpha value is -3.29. The van der Waals surface area contributed by atoms with Crippen LogP contribution in [0, 0.1) is 0 Å². The molecule has 3 aromatic rings. The van der Waals surface area contributed by atoms with Crippen LogP contribution < -0.4 is 9.64 Å². The summed E-state index contributed by atoms with van der Waals surface area (Å²) in [6, 6.07) is 6.21. The molecule has 8 heteroatoms. The molecule has 30 heavy (non-hydrogen) atoms. The van der Waals surface area contributed by atoms with Gasteiger partial charge in [-0.15, -0.1) is 0 Å². The van der Waals surface area contributed by atoms with E-state index in [1.54, 1.807) is 18.7 Å². The standard InChI is InChI=1S/C22H24N6O2/c29-22(20-14-23-7-8-24-20)28-11-9-27(10-12-28)16-5-6-19-18(13-16)21(26-15-25-19)30-17-3-1-2-4-17/h5-8,13-15,17H,1-4,9-12H2. The van der Waals surface area contributed by atoms with E-state index in [2.05, 4.69) is 37.0 Å². The predicted octanol–water partition coefficient (Wildman–Crippen LogP) is 2.70. The molecule has 2 aromatic heterocycles. The Kier molecular flexibility index (Phi) is 5.13. The Morgan fingerprint density at radius 3 is 2.60 bits per heavy atom. The van der Waals surface area contributed by atoms with E-state index in [0.29, 0.717) is 24.7 Å². The van der Waals surface area contributed by atoms with E-state index in [1.165, 1.54) is 19.0 Å². The quantitative estimate of drug-likeness (QED) is 0.661. The number of carbonyl (C=O) groups is 1. The average molecular weight is 404 g/mol. The highest BCUT2D eigenvalue weighted by atomic mass is 16.5. The van der Waals surface area contributed by atoms with Crippen LogP contribution in [0.15, 0.2) is 43.1 Å². The number of hydrogen-bond acceptors (Lipinski definition) is 7.